The summed E-state index contributed by atoms with van der Waals surface area (Å²) >= 11 is 0. The van der Waals surface area contributed by atoms with Gasteiger partial charge in [-0.3, -0.25) is 5.10 Å². The second-order valence-electron chi connectivity index (χ2n) is 5.28. The van der Waals surface area contributed by atoms with Gasteiger partial charge in [-0.15, -0.1) is 0 Å². The van der Waals surface area contributed by atoms with Crippen LogP contribution in [0.2, 0.25) is 0 Å². The first-order chi connectivity index (χ1) is 12.2. The molecule has 0 spiro atoms. The highest BCUT2D eigenvalue weighted by atomic mass is 19.3. The van der Waals surface area contributed by atoms with Gasteiger partial charge in [0.15, 0.2) is 0 Å². The van der Waals surface area contributed by atoms with E-state index in [1.54, 1.807) is 28.9 Å². The van der Waals surface area contributed by atoms with Crippen molar-refractivity contribution in [1.29, 1.82) is 0 Å². The molecule has 0 bridgehead atoms. The average molecular weight is 336 g/mol. The summed E-state index contributed by atoms with van der Waals surface area (Å²) in [4.78, 5) is 11.6. The predicted octanol–water partition coefficient (Wildman–Crippen LogP) is 4.27. The normalized spacial score (nSPS) is 11.1. The van der Waals surface area contributed by atoms with E-state index in [4.69, 9.17) is 6.57 Å². The zero-order valence-electron chi connectivity index (χ0n) is 12.7. The Morgan fingerprint density at radius 2 is 2.04 bits per heavy atom. The number of hydrogen-bond acceptors (Lipinski definition) is 3. The quantitative estimate of drug-likeness (QED) is 0.568. The van der Waals surface area contributed by atoms with Crippen LogP contribution in [0.1, 0.15) is 12.1 Å². The van der Waals surface area contributed by atoms with Gasteiger partial charge in [-0.05, 0) is 18.2 Å². The van der Waals surface area contributed by atoms with Gasteiger partial charge in [0.1, 0.15) is 5.69 Å². The number of rotatable bonds is 3. The number of imidazole rings is 1. The standard InChI is InChI=1S/C17H10F2N6/c1-20-15-8-21-14-6-5-10(9-25(14)15)11-7-22-24-16(11)12-3-2-4-13(23-12)17(18)19/h2-9,17H,(H,22,24). The molecule has 0 atom stereocenters. The average Bonchev–Trinajstić information content (AvgIpc) is 3.28. The zero-order valence-corrected chi connectivity index (χ0v) is 12.7. The first-order valence-corrected chi connectivity index (χ1v) is 7.31. The Hall–Kier alpha value is -3.60. The molecule has 0 aliphatic heterocycles. The number of aromatic amines is 1. The van der Waals surface area contributed by atoms with Crippen molar-refractivity contribution in [2.45, 2.75) is 6.43 Å². The van der Waals surface area contributed by atoms with E-state index < -0.39 is 6.43 Å². The van der Waals surface area contributed by atoms with Crippen molar-refractivity contribution in [3.8, 4) is 22.5 Å². The molecular formula is C17H10F2N6. The number of nitrogens with zero attached hydrogens (tertiary/aromatic N) is 5. The molecule has 8 heteroatoms. The van der Waals surface area contributed by atoms with Gasteiger partial charge in [0.25, 0.3) is 12.2 Å². The maximum atomic E-state index is 12.9. The van der Waals surface area contributed by atoms with Crippen LogP contribution in [-0.4, -0.2) is 24.6 Å². The lowest BCUT2D eigenvalue weighted by atomic mass is 10.1. The molecule has 0 unspecified atom stereocenters. The summed E-state index contributed by atoms with van der Waals surface area (Å²) in [5.41, 5.74) is 2.73. The first kappa shape index (κ1) is 15.0. The lowest BCUT2D eigenvalue weighted by Crippen LogP contribution is -1.94. The molecule has 4 aromatic rings. The molecule has 0 aromatic carbocycles. The molecule has 122 valence electrons. The van der Waals surface area contributed by atoms with E-state index in [1.807, 2.05) is 6.07 Å². The number of halogens is 2. The molecule has 25 heavy (non-hydrogen) atoms. The van der Waals surface area contributed by atoms with Crippen molar-refractivity contribution in [3.05, 3.63) is 66.0 Å². The molecule has 0 radical (unpaired) electrons. The number of alkyl halides is 2. The first-order valence-electron chi connectivity index (χ1n) is 7.31. The van der Waals surface area contributed by atoms with E-state index in [9.17, 15) is 8.78 Å². The second kappa shape index (κ2) is 5.79. The van der Waals surface area contributed by atoms with Gasteiger partial charge in [0.2, 0.25) is 5.65 Å². The molecular weight excluding hydrogens is 326 g/mol. The molecule has 0 aliphatic rings. The summed E-state index contributed by atoms with van der Waals surface area (Å²) in [6, 6.07) is 8.07. The minimum atomic E-state index is -2.64. The van der Waals surface area contributed by atoms with Crippen LogP contribution < -0.4 is 0 Å². The van der Waals surface area contributed by atoms with E-state index >= 15 is 0 Å². The maximum Gasteiger partial charge on any atom is 0.280 e. The van der Waals surface area contributed by atoms with Gasteiger partial charge < -0.3 is 4.85 Å². The van der Waals surface area contributed by atoms with Crippen molar-refractivity contribution < 1.29 is 8.78 Å². The molecule has 4 rings (SSSR count). The van der Waals surface area contributed by atoms with E-state index in [2.05, 4.69) is 25.0 Å². The van der Waals surface area contributed by atoms with E-state index in [0.717, 1.165) is 5.56 Å². The lowest BCUT2D eigenvalue weighted by molar-refractivity contribution is 0.146. The summed E-state index contributed by atoms with van der Waals surface area (Å²) in [6.45, 7) is 7.19. The van der Waals surface area contributed by atoms with Crippen molar-refractivity contribution >= 4 is 11.5 Å². The summed E-state index contributed by atoms with van der Waals surface area (Å²) in [5.74, 6) is 0.389. The third-order valence-electron chi connectivity index (χ3n) is 3.80. The van der Waals surface area contributed by atoms with Crippen LogP contribution in [0, 0.1) is 6.57 Å². The number of fused-ring (bicyclic) bond motifs is 1. The Morgan fingerprint density at radius 3 is 2.84 bits per heavy atom. The Labute approximate surface area is 140 Å². The molecule has 0 amide bonds. The van der Waals surface area contributed by atoms with Gasteiger partial charge in [0, 0.05) is 17.2 Å². The zero-order chi connectivity index (χ0) is 17.4. The summed E-state index contributed by atoms with van der Waals surface area (Å²) in [6.07, 6.45) is 2.22. The minimum Gasteiger partial charge on any atom is -0.362 e. The summed E-state index contributed by atoms with van der Waals surface area (Å²) in [7, 11) is 0. The van der Waals surface area contributed by atoms with Crippen LogP contribution in [-0.2, 0) is 0 Å². The van der Waals surface area contributed by atoms with Crippen LogP contribution in [0.5, 0.6) is 0 Å². The second-order valence-corrected chi connectivity index (χ2v) is 5.28. The lowest BCUT2D eigenvalue weighted by Gasteiger charge is -2.05. The smallest absolute Gasteiger partial charge is 0.280 e. The Morgan fingerprint density at radius 1 is 1.16 bits per heavy atom. The molecule has 0 saturated carbocycles. The van der Waals surface area contributed by atoms with Gasteiger partial charge in [-0.1, -0.05) is 12.6 Å². The fraction of sp³-hybridized carbons (Fsp3) is 0.0588. The van der Waals surface area contributed by atoms with Gasteiger partial charge >= 0.3 is 0 Å². The van der Waals surface area contributed by atoms with Gasteiger partial charge in [0.05, 0.1) is 30.0 Å². The number of nitrogens with one attached hydrogen (secondary N) is 1. The third-order valence-corrected chi connectivity index (χ3v) is 3.80. The van der Waals surface area contributed by atoms with Crippen molar-refractivity contribution in [2.75, 3.05) is 0 Å². The van der Waals surface area contributed by atoms with Crippen molar-refractivity contribution in [1.82, 2.24) is 24.6 Å². The van der Waals surface area contributed by atoms with Crippen LogP contribution in [0.15, 0.2) is 48.9 Å². The van der Waals surface area contributed by atoms with Gasteiger partial charge in [-0.2, -0.15) is 5.10 Å². The Kier molecular flexibility index (Phi) is 3.47. The monoisotopic (exact) mass is 336 g/mol. The fourth-order valence-corrected chi connectivity index (χ4v) is 2.62. The topological polar surface area (TPSA) is 63.2 Å². The number of hydrogen-bond donors (Lipinski definition) is 1. The highest BCUT2D eigenvalue weighted by molar-refractivity contribution is 5.79. The molecule has 4 heterocycles. The molecule has 6 nitrogen and oxygen atoms in total. The van der Waals surface area contributed by atoms with Crippen LogP contribution in [0.4, 0.5) is 14.6 Å². The summed E-state index contributed by atoms with van der Waals surface area (Å²) in [5, 5.41) is 6.84. The number of pyridine rings is 2. The van der Waals surface area contributed by atoms with Crippen LogP contribution >= 0.6 is 0 Å². The molecule has 4 aromatic heterocycles. The highest BCUT2D eigenvalue weighted by Crippen LogP contribution is 2.31. The minimum absolute atomic E-state index is 0.293. The Bertz CT molecular complexity index is 1110. The van der Waals surface area contributed by atoms with Gasteiger partial charge in [-0.25, -0.2) is 23.1 Å². The van der Waals surface area contributed by atoms with E-state index in [1.165, 1.54) is 18.3 Å². The van der Waals surface area contributed by atoms with Crippen LogP contribution in [0.25, 0.3) is 33.0 Å². The molecule has 0 fully saturated rings. The molecule has 0 aliphatic carbocycles. The molecule has 0 saturated heterocycles. The number of aromatic nitrogens is 5. The molecule has 1 N–H and O–H groups in total. The predicted molar refractivity (Wildman–Crippen MR) is 87.2 cm³/mol. The van der Waals surface area contributed by atoms with Crippen LogP contribution in [0.3, 0.4) is 0 Å². The number of H-pyrrole nitrogens is 1. The SMILES string of the molecule is [C-]#[N+]c1cnc2ccc(-c3cn[nH]c3-c3cccc(C(F)F)n3)cn12. The maximum absolute atomic E-state index is 12.9. The largest absolute Gasteiger partial charge is 0.362 e. The van der Waals surface area contributed by atoms with E-state index in [0.29, 0.717) is 28.4 Å². The third kappa shape index (κ3) is 2.52. The van der Waals surface area contributed by atoms with Crippen molar-refractivity contribution in [2.24, 2.45) is 0 Å². The van der Waals surface area contributed by atoms with E-state index in [-0.39, 0.29) is 5.69 Å². The fourth-order valence-electron chi connectivity index (χ4n) is 2.62. The van der Waals surface area contributed by atoms with Crippen molar-refractivity contribution in [3.63, 3.8) is 0 Å². The summed E-state index contributed by atoms with van der Waals surface area (Å²) < 4.78 is 27.5. The Balaban J connectivity index is 1.85. The highest BCUT2D eigenvalue weighted by Gasteiger charge is 2.16.